The van der Waals surface area contributed by atoms with Crippen molar-refractivity contribution in [2.45, 2.75) is 12.6 Å². The number of rotatable bonds is 0. The molecule has 1 nitrogen and oxygen atoms in total. The van der Waals surface area contributed by atoms with Crippen molar-refractivity contribution in [3.05, 3.63) is 35.4 Å². The molecule has 0 spiro atoms. The zero-order chi connectivity index (χ0) is 10.3. The Morgan fingerprint density at radius 3 is 2.57 bits per heavy atom. The highest BCUT2D eigenvalue weighted by Crippen LogP contribution is 2.42. The van der Waals surface area contributed by atoms with Gasteiger partial charge in [0.15, 0.2) is 0 Å². The molecule has 0 heterocycles. The van der Waals surface area contributed by atoms with Crippen LogP contribution in [0.5, 0.6) is 5.75 Å². The fraction of sp³-hybridized carbons (Fsp3) is 0.200. The molecule has 74 valence electrons. The highest BCUT2D eigenvalue weighted by molar-refractivity contribution is 5.77. The molecule has 0 amide bonds. The summed E-state index contributed by atoms with van der Waals surface area (Å²) in [4.78, 5) is 0. The van der Waals surface area contributed by atoms with Crippen molar-refractivity contribution in [2.24, 2.45) is 0 Å². The number of halogens is 3. The number of hydrogen-bond donors (Lipinski definition) is 1. The molecule has 1 aliphatic rings. The van der Waals surface area contributed by atoms with Crippen molar-refractivity contribution in [1.82, 2.24) is 0 Å². The van der Waals surface area contributed by atoms with Gasteiger partial charge < -0.3 is 5.11 Å². The summed E-state index contributed by atoms with van der Waals surface area (Å²) >= 11 is 0. The Hall–Kier alpha value is -1.45. The molecule has 1 N–H and O–H groups in total. The smallest absolute Gasteiger partial charge is 0.416 e. The van der Waals surface area contributed by atoms with Crippen LogP contribution in [0.3, 0.4) is 0 Å². The summed E-state index contributed by atoms with van der Waals surface area (Å²) in [6, 6.07) is 4.19. The average Bonchev–Trinajstić information content (AvgIpc) is 2.47. The Morgan fingerprint density at radius 2 is 1.93 bits per heavy atom. The summed E-state index contributed by atoms with van der Waals surface area (Å²) in [6.45, 7) is 0. The molecule has 0 aromatic heterocycles. The number of phenols is 1. The largest absolute Gasteiger partial charge is 0.508 e. The predicted molar refractivity (Wildman–Crippen MR) is 45.8 cm³/mol. The molecule has 0 saturated carbocycles. The maximum absolute atomic E-state index is 12.4. The summed E-state index contributed by atoms with van der Waals surface area (Å²) in [5.74, 6) is -0.0713. The SMILES string of the molecule is Oc1cccc2c1CC=C2C(F)(F)F. The second kappa shape index (κ2) is 2.77. The van der Waals surface area contributed by atoms with Crippen molar-refractivity contribution in [1.29, 1.82) is 0 Å². The van der Waals surface area contributed by atoms with E-state index < -0.39 is 11.7 Å². The van der Waals surface area contributed by atoms with Crippen LogP contribution in [0.15, 0.2) is 24.3 Å². The number of allylic oxidation sites excluding steroid dienone is 2. The zero-order valence-corrected chi connectivity index (χ0v) is 7.10. The van der Waals surface area contributed by atoms with Gasteiger partial charge in [-0.05, 0) is 18.1 Å². The molecule has 1 aromatic carbocycles. The lowest BCUT2D eigenvalue weighted by atomic mass is 10.0. The molecule has 1 aliphatic carbocycles. The van der Waals surface area contributed by atoms with Crippen LogP contribution in [-0.2, 0) is 6.42 Å². The molecule has 0 saturated heterocycles. The molecule has 1 aromatic rings. The quantitative estimate of drug-likeness (QED) is 0.682. The van der Waals surface area contributed by atoms with Gasteiger partial charge in [-0.1, -0.05) is 18.2 Å². The lowest BCUT2D eigenvalue weighted by molar-refractivity contribution is -0.0687. The minimum absolute atomic E-state index is 0.0713. The monoisotopic (exact) mass is 200 g/mol. The molecule has 14 heavy (non-hydrogen) atoms. The van der Waals surface area contributed by atoms with Gasteiger partial charge >= 0.3 is 6.18 Å². The molecule has 0 atom stereocenters. The van der Waals surface area contributed by atoms with E-state index in [2.05, 4.69) is 0 Å². The predicted octanol–water partition coefficient (Wildman–Crippen LogP) is 2.89. The molecule has 0 radical (unpaired) electrons. The minimum atomic E-state index is -4.33. The van der Waals surface area contributed by atoms with Crippen LogP contribution in [0.4, 0.5) is 13.2 Å². The lowest BCUT2D eigenvalue weighted by Gasteiger charge is -2.09. The molecule has 4 heteroatoms. The van der Waals surface area contributed by atoms with Crippen LogP contribution in [-0.4, -0.2) is 11.3 Å². The third kappa shape index (κ3) is 1.27. The third-order valence-electron chi connectivity index (χ3n) is 2.26. The molecule has 0 aliphatic heterocycles. The van der Waals surface area contributed by atoms with Gasteiger partial charge in [-0.3, -0.25) is 0 Å². The second-order valence-corrected chi connectivity index (χ2v) is 3.12. The van der Waals surface area contributed by atoms with E-state index in [4.69, 9.17) is 0 Å². The Kier molecular flexibility index (Phi) is 1.80. The number of phenolic OH excluding ortho intramolecular Hbond substituents is 1. The molecule has 0 unspecified atom stereocenters. The van der Waals surface area contributed by atoms with Gasteiger partial charge in [0.05, 0.1) is 5.57 Å². The van der Waals surface area contributed by atoms with Crippen LogP contribution in [0.2, 0.25) is 0 Å². The maximum atomic E-state index is 12.4. The van der Waals surface area contributed by atoms with Crippen molar-refractivity contribution >= 4 is 5.57 Å². The number of benzene rings is 1. The van der Waals surface area contributed by atoms with Gasteiger partial charge in [0, 0.05) is 5.56 Å². The van der Waals surface area contributed by atoms with E-state index in [0.29, 0.717) is 5.56 Å². The minimum Gasteiger partial charge on any atom is -0.508 e. The summed E-state index contributed by atoms with van der Waals surface area (Å²) < 4.78 is 37.3. The average molecular weight is 200 g/mol. The van der Waals surface area contributed by atoms with Crippen molar-refractivity contribution < 1.29 is 18.3 Å². The van der Waals surface area contributed by atoms with E-state index in [-0.39, 0.29) is 17.7 Å². The first kappa shape index (κ1) is 9.12. The Balaban J connectivity index is 2.53. The van der Waals surface area contributed by atoms with E-state index in [1.54, 1.807) is 0 Å². The van der Waals surface area contributed by atoms with Crippen molar-refractivity contribution in [3.63, 3.8) is 0 Å². The van der Waals surface area contributed by atoms with Gasteiger partial charge in [-0.25, -0.2) is 0 Å². The van der Waals surface area contributed by atoms with Crippen LogP contribution < -0.4 is 0 Å². The summed E-state index contributed by atoms with van der Waals surface area (Å²) in [5.41, 5.74) is -0.194. The van der Waals surface area contributed by atoms with Gasteiger partial charge in [0.25, 0.3) is 0 Å². The van der Waals surface area contributed by atoms with E-state index in [0.717, 1.165) is 6.08 Å². The van der Waals surface area contributed by atoms with Crippen molar-refractivity contribution in [3.8, 4) is 5.75 Å². The fourth-order valence-electron chi connectivity index (χ4n) is 1.62. The summed E-state index contributed by atoms with van der Waals surface area (Å²) in [5, 5.41) is 9.31. The standard InChI is InChI=1S/C10H7F3O/c11-10(12,13)8-5-4-7-6(8)2-1-3-9(7)14/h1-3,5,14H,4H2. The maximum Gasteiger partial charge on any atom is 0.416 e. The Bertz CT molecular complexity index is 404. The van der Waals surface area contributed by atoms with E-state index >= 15 is 0 Å². The lowest BCUT2D eigenvalue weighted by Crippen LogP contribution is -2.09. The third-order valence-corrected chi connectivity index (χ3v) is 2.26. The van der Waals surface area contributed by atoms with E-state index in [9.17, 15) is 18.3 Å². The van der Waals surface area contributed by atoms with E-state index in [1.165, 1.54) is 18.2 Å². The van der Waals surface area contributed by atoms with Crippen LogP contribution in [0, 0.1) is 0 Å². The number of aromatic hydroxyl groups is 1. The number of hydrogen-bond acceptors (Lipinski definition) is 1. The summed E-state index contributed by atoms with van der Waals surface area (Å²) in [6.07, 6.45) is -3.08. The van der Waals surface area contributed by atoms with Crippen LogP contribution >= 0.6 is 0 Å². The van der Waals surface area contributed by atoms with Gasteiger partial charge in [0.2, 0.25) is 0 Å². The first-order chi connectivity index (χ1) is 6.50. The van der Waals surface area contributed by atoms with Gasteiger partial charge in [0.1, 0.15) is 5.75 Å². The van der Waals surface area contributed by atoms with Crippen LogP contribution in [0.25, 0.3) is 5.57 Å². The fourth-order valence-corrected chi connectivity index (χ4v) is 1.62. The molecular formula is C10H7F3O. The van der Waals surface area contributed by atoms with Crippen molar-refractivity contribution in [2.75, 3.05) is 0 Å². The number of fused-ring (bicyclic) bond motifs is 1. The molecule has 2 rings (SSSR count). The Morgan fingerprint density at radius 1 is 1.21 bits per heavy atom. The zero-order valence-electron chi connectivity index (χ0n) is 7.10. The number of alkyl halides is 3. The first-order valence-electron chi connectivity index (χ1n) is 4.09. The molecule has 0 fully saturated rings. The topological polar surface area (TPSA) is 20.2 Å². The highest BCUT2D eigenvalue weighted by Gasteiger charge is 2.38. The molecular weight excluding hydrogens is 193 g/mol. The highest BCUT2D eigenvalue weighted by atomic mass is 19.4. The molecule has 0 bridgehead atoms. The summed E-state index contributed by atoms with van der Waals surface area (Å²) in [7, 11) is 0. The second-order valence-electron chi connectivity index (χ2n) is 3.12. The van der Waals surface area contributed by atoms with Gasteiger partial charge in [-0.15, -0.1) is 0 Å². The van der Waals surface area contributed by atoms with Gasteiger partial charge in [-0.2, -0.15) is 13.2 Å². The normalized spacial score (nSPS) is 15.2. The Labute approximate surface area is 78.5 Å². The van der Waals surface area contributed by atoms with Crippen LogP contribution in [0.1, 0.15) is 11.1 Å². The van der Waals surface area contributed by atoms with E-state index in [1.807, 2.05) is 0 Å². The first-order valence-corrected chi connectivity index (χ1v) is 4.09.